The number of aryl methyl sites for hydroxylation is 1. The smallest absolute Gasteiger partial charge is 0.408 e. The number of hydrogen-bond acceptors (Lipinski definition) is 5. The van der Waals surface area contributed by atoms with Crippen LogP contribution in [0.1, 0.15) is 97.2 Å². The van der Waals surface area contributed by atoms with E-state index in [1.165, 1.54) is 4.90 Å². The topological polar surface area (TPSA) is 108 Å². The number of para-hydroxylation sites is 1. The van der Waals surface area contributed by atoms with Crippen LogP contribution < -0.4 is 10.6 Å². The van der Waals surface area contributed by atoms with Gasteiger partial charge in [0.05, 0.1) is 0 Å². The molecule has 0 aliphatic carbocycles. The summed E-state index contributed by atoms with van der Waals surface area (Å²) < 4.78 is 5.30. The number of phenols is 1. The Kier molecular flexibility index (Phi) is 12.6. The fourth-order valence-electron chi connectivity index (χ4n) is 3.73. The Morgan fingerprint density at radius 3 is 2.29 bits per heavy atom. The van der Waals surface area contributed by atoms with Gasteiger partial charge in [-0.05, 0) is 53.0 Å². The Hall–Kier alpha value is -2.77. The molecular formula is C27H45N3O5. The maximum atomic E-state index is 13.6. The molecule has 8 heteroatoms. The van der Waals surface area contributed by atoms with Gasteiger partial charge in [-0.2, -0.15) is 0 Å². The van der Waals surface area contributed by atoms with E-state index in [0.717, 1.165) is 32.1 Å². The number of amides is 3. The molecule has 35 heavy (non-hydrogen) atoms. The summed E-state index contributed by atoms with van der Waals surface area (Å²) in [4.78, 5) is 40.9. The van der Waals surface area contributed by atoms with Gasteiger partial charge in [0, 0.05) is 18.7 Å². The van der Waals surface area contributed by atoms with E-state index >= 15 is 0 Å². The zero-order chi connectivity index (χ0) is 26.6. The minimum absolute atomic E-state index is 0.0118. The van der Waals surface area contributed by atoms with E-state index in [9.17, 15) is 19.5 Å². The Balaban J connectivity index is 3.32. The van der Waals surface area contributed by atoms with Gasteiger partial charge in [0.15, 0.2) is 0 Å². The minimum atomic E-state index is -1.02. The first-order valence-electron chi connectivity index (χ1n) is 12.8. The number of aromatic hydroxyl groups is 1. The van der Waals surface area contributed by atoms with Crippen LogP contribution in [0.15, 0.2) is 18.2 Å². The molecule has 0 aliphatic heterocycles. The van der Waals surface area contributed by atoms with Crippen molar-refractivity contribution in [3.63, 3.8) is 0 Å². The summed E-state index contributed by atoms with van der Waals surface area (Å²) in [5, 5.41) is 16.4. The normalized spacial score (nSPS) is 13.0. The maximum Gasteiger partial charge on any atom is 0.408 e. The van der Waals surface area contributed by atoms with E-state index in [-0.39, 0.29) is 11.7 Å². The maximum absolute atomic E-state index is 13.6. The number of carbonyl (C=O) groups excluding carboxylic acids is 3. The number of rotatable bonds is 13. The molecule has 2 atom stereocenters. The van der Waals surface area contributed by atoms with Crippen molar-refractivity contribution in [2.45, 2.75) is 105 Å². The SMILES string of the molecule is CCCCCNC(=O)C(c1cccc(C)c1O)N(CCCCC)C(=O)C(C)NC(=O)OC(C)(C)C. The van der Waals surface area contributed by atoms with Crippen LogP contribution in [0, 0.1) is 6.92 Å². The van der Waals surface area contributed by atoms with Gasteiger partial charge in [-0.3, -0.25) is 9.59 Å². The highest BCUT2D eigenvalue weighted by Crippen LogP contribution is 2.32. The summed E-state index contributed by atoms with van der Waals surface area (Å²) in [7, 11) is 0. The lowest BCUT2D eigenvalue weighted by Gasteiger charge is -2.34. The first-order chi connectivity index (χ1) is 16.4. The van der Waals surface area contributed by atoms with Crippen molar-refractivity contribution < 1.29 is 24.2 Å². The second kappa shape index (κ2) is 14.6. The number of ether oxygens (including phenoxy) is 1. The predicted molar refractivity (Wildman–Crippen MR) is 138 cm³/mol. The van der Waals surface area contributed by atoms with Gasteiger partial charge < -0.3 is 25.4 Å². The molecule has 3 N–H and O–H groups in total. The molecule has 0 saturated carbocycles. The van der Waals surface area contributed by atoms with Gasteiger partial charge in [0.2, 0.25) is 11.8 Å². The van der Waals surface area contributed by atoms with E-state index in [1.54, 1.807) is 52.8 Å². The largest absolute Gasteiger partial charge is 0.507 e. The molecule has 1 aromatic rings. The average Bonchev–Trinajstić information content (AvgIpc) is 2.76. The lowest BCUT2D eigenvalue weighted by Crippen LogP contribution is -2.52. The van der Waals surface area contributed by atoms with Crippen LogP contribution in [-0.2, 0) is 14.3 Å². The highest BCUT2D eigenvalue weighted by atomic mass is 16.6. The fraction of sp³-hybridized carbons (Fsp3) is 0.667. The van der Waals surface area contributed by atoms with E-state index < -0.39 is 29.7 Å². The minimum Gasteiger partial charge on any atom is -0.507 e. The summed E-state index contributed by atoms with van der Waals surface area (Å²) in [6.45, 7) is 13.5. The van der Waals surface area contributed by atoms with E-state index in [0.29, 0.717) is 30.6 Å². The molecule has 1 rings (SSSR count). The van der Waals surface area contributed by atoms with Crippen LogP contribution in [0.2, 0.25) is 0 Å². The number of carbonyl (C=O) groups is 3. The molecule has 3 amide bonds. The summed E-state index contributed by atoms with van der Waals surface area (Å²) in [6.07, 6.45) is 4.64. The van der Waals surface area contributed by atoms with Crippen molar-refractivity contribution in [1.29, 1.82) is 0 Å². The Morgan fingerprint density at radius 1 is 1.06 bits per heavy atom. The van der Waals surface area contributed by atoms with E-state index in [4.69, 9.17) is 4.74 Å². The number of nitrogens with zero attached hydrogens (tertiary/aromatic N) is 1. The summed E-state index contributed by atoms with van der Waals surface area (Å²) in [6, 6.07) is 3.24. The number of phenolic OH excluding ortho intramolecular Hbond substituents is 1. The second-order valence-electron chi connectivity index (χ2n) is 10.0. The zero-order valence-electron chi connectivity index (χ0n) is 22.6. The lowest BCUT2D eigenvalue weighted by molar-refractivity contribution is -0.142. The van der Waals surface area contributed by atoms with Gasteiger partial charge in [-0.1, -0.05) is 57.7 Å². The molecular weight excluding hydrogens is 446 g/mol. The number of unbranched alkanes of at least 4 members (excludes halogenated alkanes) is 4. The van der Waals surface area contributed by atoms with Gasteiger partial charge in [0.1, 0.15) is 23.4 Å². The fourth-order valence-corrected chi connectivity index (χ4v) is 3.73. The highest BCUT2D eigenvalue weighted by Gasteiger charge is 2.36. The Labute approximate surface area is 210 Å². The Bertz CT molecular complexity index is 835. The van der Waals surface area contributed by atoms with Crippen molar-refractivity contribution >= 4 is 17.9 Å². The third-order valence-corrected chi connectivity index (χ3v) is 5.59. The van der Waals surface area contributed by atoms with E-state index in [2.05, 4.69) is 24.5 Å². The monoisotopic (exact) mass is 491 g/mol. The quantitative estimate of drug-likeness (QED) is 0.337. The molecule has 8 nitrogen and oxygen atoms in total. The van der Waals surface area contributed by atoms with Crippen molar-refractivity contribution in [3.05, 3.63) is 29.3 Å². The second-order valence-corrected chi connectivity index (χ2v) is 10.0. The zero-order valence-corrected chi connectivity index (χ0v) is 22.6. The van der Waals surface area contributed by atoms with Crippen molar-refractivity contribution in [2.24, 2.45) is 0 Å². The molecule has 0 bridgehead atoms. The molecule has 0 aliphatic rings. The summed E-state index contributed by atoms with van der Waals surface area (Å²) >= 11 is 0. The Morgan fingerprint density at radius 2 is 1.69 bits per heavy atom. The van der Waals surface area contributed by atoms with Crippen LogP contribution in [-0.4, -0.2) is 52.6 Å². The number of benzene rings is 1. The number of nitrogens with one attached hydrogen (secondary N) is 2. The molecule has 0 aromatic heterocycles. The predicted octanol–water partition coefficient (Wildman–Crippen LogP) is 4.98. The third-order valence-electron chi connectivity index (χ3n) is 5.59. The van der Waals surface area contributed by atoms with Gasteiger partial charge >= 0.3 is 6.09 Å². The highest BCUT2D eigenvalue weighted by molar-refractivity contribution is 5.92. The van der Waals surface area contributed by atoms with Gasteiger partial charge in [-0.25, -0.2) is 4.79 Å². The third kappa shape index (κ3) is 10.2. The molecule has 0 radical (unpaired) electrons. The first kappa shape index (κ1) is 30.3. The molecule has 198 valence electrons. The molecule has 0 fully saturated rings. The molecule has 0 saturated heterocycles. The van der Waals surface area contributed by atoms with Crippen molar-refractivity contribution in [2.75, 3.05) is 13.1 Å². The van der Waals surface area contributed by atoms with Crippen LogP contribution in [0.4, 0.5) is 4.79 Å². The summed E-state index contributed by atoms with van der Waals surface area (Å²) in [5.41, 5.74) is 0.279. The van der Waals surface area contributed by atoms with Crippen LogP contribution in [0.25, 0.3) is 0 Å². The van der Waals surface area contributed by atoms with Crippen molar-refractivity contribution in [3.8, 4) is 5.75 Å². The first-order valence-corrected chi connectivity index (χ1v) is 12.8. The van der Waals surface area contributed by atoms with Crippen LogP contribution in [0.5, 0.6) is 5.75 Å². The standard InChI is InChI=1S/C27H45N3O5/c1-8-10-12-17-28-24(32)22(21-16-14-15-19(3)23(21)31)30(18-13-11-9-2)25(33)20(4)29-26(34)35-27(5,6)7/h14-16,20,22,31H,8-13,17-18H2,1-7H3,(H,28,32)(H,29,34). The molecule has 0 spiro atoms. The number of alkyl carbamates (subject to hydrolysis) is 1. The molecule has 0 heterocycles. The van der Waals surface area contributed by atoms with Gasteiger partial charge in [-0.15, -0.1) is 0 Å². The average molecular weight is 492 g/mol. The van der Waals surface area contributed by atoms with Crippen molar-refractivity contribution in [1.82, 2.24) is 15.5 Å². The van der Waals surface area contributed by atoms with Crippen LogP contribution in [0.3, 0.4) is 0 Å². The van der Waals surface area contributed by atoms with Crippen LogP contribution >= 0.6 is 0 Å². The number of hydrogen-bond donors (Lipinski definition) is 3. The lowest BCUT2D eigenvalue weighted by atomic mass is 9.99. The van der Waals surface area contributed by atoms with E-state index in [1.807, 2.05) is 0 Å². The molecule has 2 unspecified atom stereocenters. The van der Waals surface area contributed by atoms with Gasteiger partial charge in [0.25, 0.3) is 0 Å². The summed E-state index contributed by atoms with van der Waals surface area (Å²) in [5.74, 6) is -0.778. The molecule has 1 aromatic carbocycles.